The van der Waals surface area contributed by atoms with E-state index in [9.17, 15) is 20.1 Å². The molecule has 0 saturated heterocycles. The summed E-state index contributed by atoms with van der Waals surface area (Å²) in [5.41, 5.74) is 0.404. The molecular weight excluding hydrogens is 376 g/mol. The van der Waals surface area contributed by atoms with Crippen molar-refractivity contribution in [3.63, 3.8) is 0 Å². The maximum atomic E-state index is 12.2. The van der Waals surface area contributed by atoms with Gasteiger partial charge in [-0.2, -0.15) is 0 Å². The predicted octanol–water partition coefficient (Wildman–Crippen LogP) is 3.84. The molecule has 0 aliphatic carbocycles. The van der Waals surface area contributed by atoms with E-state index in [-0.39, 0.29) is 34.1 Å². The number of allylic oxidation sites excluding steroid dienone is 1. The second-order valence-corrected chi connectivity index (χ2v) is 5.87. The first-order chi connectivity index (χ1) is 10.4. The molecule has 0 radical (unpaired) electrons. The Kier molecular flexibility index (Phi) is 3.50. The lowest BCUT2D eigenvalue weighted by Crippen LogP contribution is -1.98. The van der Waals surface area contributed by atoms with Gasteiger partial charge in [-0.3, -0.25) is 4.79 Å². The molecule has 2 aromatic carbocycles. The average molecular weight is 384 g/mol. The number of carbonyl (C=O) groups is 1. The molecule has 5 nitrogen and oxygen atoms in total. The van der Waals surface area contributed by atoms with Crippen molar-refractivity contribution in [1.29, 1.82) is 0 Å². The summed E-state index contributed by atoms with van der Waals surface area (Å²) >= 11 is 9.06. The van der Waals surface area contributed by atoms with Gasteiger partial charge in [0.2, 0.25) is 11.5 Å². The van der Waals surface area contributed by atoms with Gasteiger partial charge >= 0.3 is 0 Å². The van der Waals surface area contributed by atoms with Crippen molar-refractivity contribution < 1.29 is 24.9 Å². The molecule has 3 rings (SSSR count). The molecule has 0 amide bonds. The number of ether oxygens (including phenoxy) is 1. The van der Waals surface area contributed by atoms with Crippen LogP contribution in [0, 0.1) is 0 Å². The van der Waals surface area contributed by atoms with Crippen LogP contribution in [0.2, 0.25) is 5.02 Å². The highest BCUT2D eigenvalue weighted by molar-refractivity contribution is 9.10. The molecule has 0 saturated carbocycles. The van der Waals surface area contributed by atoms with E-state index in [1.807, 2.05) is 0 Å². The lowest BCUT2D eigenvalue weighted by atomic mass is 10.1. The van der Waals surface area contributed by atoms with Crippen molar-refractivity contribution in [3.05, 3.63) is 50.6 Å². The number of phenols is 3. The summed E-state index contributed by atoms with van der Waals surface area (Å²) in [4.78, 5) is 12.2. The Balaban J connectivity index is 2.09. The first kappa shape index (κ1) is 14.7. The molecule has 0 unspecified atom stereocenters. The molecule has 0 bridgehead atoms. The maximum Gasteiger partial charge on any atom is 0.232 e. The van der Waals surface area contributed by atoms with Gasteiger partial charge in [0.1, 0.15) is 5.75 Å². The van der Waals surface area contributed by atoms with Crippen LogP contribution in [-0.4, -0.2) is 21.1 Å². The van der Waals surface area contributed by atoms with E-state index in [2.05, 4.69) is 15.9 Å². The summed E-state index contributed by atoms with van der Waals surface area (Å²) in [5, 5.41) is 29.5. The SMILES string of the molecule is O=C1C(=Cc2cc(Cl)cc(Br)c2O)Oc2c1ccc(O)c2O. The zero-order chi connectivity index (χ0) is 16.0. The van der Waals surface area contributed by atoms with Gasteiger partial charge in [-0.05, 0) is 46.3 Å². The molecule has 1 heterocycles. The van der Waals surface area contributed by atoms with Crippen molar-refractivity contribution in [2.24, 2.45) is 0 Å². The third-order valence-corrected chi connectivity index (χ3v) is 3.96. The van der Waals surface area contributed by atoms with Gasteiger partial charge in [-0.15, -0.1) is 0 Å². The number of phenolic OH excluding ortho intramolecular Hbond substituents is 3. The highest BCUT2D eigenvalue weighted by Crippen LogP contribution is 2.44. The standard InChI is InChI=1S/C15H8BrClO5/c16-9-5-7(17)3-6(12(9)19)4-11-13(20)8-1-2-10(18)14(21)15(8)22-11/h1-5,18-19,21H. The van der Waals surface area contributed by atoms with Gasteiger partial charge in [-0.25, -0.2) is 0 Å². The number of hydrogen-bond acceptors (Lipinski definition) is 5. The van der Waals surface area contributed by atoms with Crippen LogP contribution >= 0.6 is 27.5 Å². The summed E-state index contributed by atoms with van der Waals surface area (Å²) in [7, 11) is 0. The third kappa shape index (κ3) is 2.30. The Morgan fingerprint density at radius 3 is 2.59 bits per heavy atom. The molecule has 0 aromatic heterocycles. The molecule has 1 aliphatic rings. The normalized spacial score (nSPS) is 15.0. The first-order valence-corrected chi connectivity index (χ1v) is 7.22. The third-order valence-electron chi connectivity index (χ3n) is 3.13. The van der Waals surface area contributed by atoms with Gasteiger partial charge < -0.3 is 20.1 Å². The van der Waals surface area contributed by atoms with Crippen LogP contribution in [0.15, 0.2) is 34.5 Å². The van der Waals surface area contributed by atoms with Crippen molar-refractivity contribution in [2.45, 2.75) is 0 Å². The number of hydrogen-bond donors (Lipinski definition) is 3. The molecular formula is C15H8BrClO5. The molecule has 22 heavy (non-hydrogen) atoms. The average Bonchev–Trinajstić information content (AvgIpc) is 2.77. The molecule has 0 fully saturated rings. The van der Waals surface area contributed by atoms with Crippen molar-refractivity contribution in [2.75, 3.05) is 0 Å². The van der Waals surface area contributed by atoms with Crippen LogP contribution in [0.5, 0.6) is 23.0 Å². The Morgan fingerprint density at radius 1 is 1.14 bits per heavy atom. The van der Waals surface area contributed by atoms with E-state index < -0.39 is 11.5 Å². The van der Waals surface area contributed by atoms with Gasteiger partial charge in [0.05, 0.1) is 10.0 Å². The minimum Gasteiger partial charge on any atom is -0.506 e. The van der Waals surface area contributed by atoms with Crippen molar-refractivity contribution in [3.8, 4) is 23.0 Å². The van der Waals surface area contributed by atoms with Crippen molar-refractivity contribution >= 4 is 39.4 Å². The van der Waals surface area contributed by atoms with E-state index in [1.165, 1.54) is 30.3 Å². The van der Waals surface area contributed by atoms with Crippen LogP contribution in [0.3, 0.4) is 0 Å². The lowest BCUT2D eigenvalue weighted by Gasteiger charge is -2.05. The van der Waals surface area contributed by atoms with E-state index in [4.69, 9.17) is 16.3 Å². The van der Waals surface area contributed by atoms with E-state index in [1.54, 1.807) is 0 Å². The molecule has 7 heteroatoms. The van der Waals surface area contributed by atoms with Crippen molar-refractivity contribution in [1.82, 2.24) is 0 Å². The van der Waals surface area contributed by atoms with Crippen LogP contribution < -0.4 is 4.74 Å². The minimum absolute atomic E-state index is 0.0969. The highest BCUT2D eigenvalue weighted by Gasteiger charge is 2.31. The Hall–Kier alpha value is -2.18. The smallest absolute Gasteiger partial charge is 0.232 e. The number of ketones is 1. The molecule has 0 spiro atoms. The minimum atomic E-state index is -0.509. The summed E-state index contributed by atoms with van der Waals surface area (Å²) in [6.07, 6.45) is 1.31. The molecule has 1 aliphatic heterocycles. The van der Waals surface area contributed by atoms with Crippen LogP contribution in [-0.2, 0) is 0 Å². The fourth-order valence-electron chi connectivity index (χ4n) is 2.06. The number of aromatic hydroxyl groups is 3. The summed E-state index contributed by atoms with van der Waals surface area (Å²) in [6.45, 7) is 0. The molecule has 0 atom stereocenters. The molecule has 3 N–H and O–H groups in total. The molecule has 112 valence electrons. The Morgan fingerprint density at radius 2 is 1.86 bits per heavy atom. The number of Topliss-reactive ketones (excluding diaryl/α,β-unsaturated/α-hetero) is 1. The summed E-state index contributed by atoms with van der Waals surface area (Å²) in [5.74, 6) is -1.68. The summed E-state index contributed by atoms with van der Waals surface area (Å²) in [6, 6.07) is 5.52. The topological polar surface area (TPSA) is 87.0 Å². The Labute approximate surface area is 138 Å². The molecule has 2 aromatic rings. The predicted molar refractivity (Wildman–Crippen MR) is 83.5 cm³/mol. The van der Waals surface area contributed by atoms with Gasteiger partial charge in [0.15, 0.2) is 17.3 Å². The number of rotatable bonds is 1. The second-order valence-electron chi connectivity index (χ2n) is 4.58. The second kappa shape index (κ2) is 5.23. The number of carbonyl (C=O) groups excluding carboxylic acids is 1. The summed E-state index contributed by atoms with van der Waals surface area (Å²) < 4.78 is 5.67. The first-order valence-electron chi connectivity index (χ1n) is 6.05. The lowest BCUT2D eigenvalue weighted by molar-refractivity contribution is 0.101. The number of fused-ring (bicyclic) bond motifs is 1. The van der Waals surface area contributed by atoms with E-state index in [0.29, 0.717) is 9.50 Å². The van der Waals surface area contributed by atoms with Crippen LogP contribution in [0.4, 0.5) is 0 Å². The Bertz CT molecular complexity index is 844. The largest absolute Gasteiger partial charge is 0.506 e. The van der Waals surface area contributed by atoms with Gasteiger partial charge in [-0.1, -0.05) is 11.6 Å². The number of benzene rings is 2. The van der Waals surface area contributed by atoms with Crippen LogP contribution in [0.25, 0.3) is 6.08 Å². The fraction of sp³-hybridized carbons (Fsp3) is 0. The van der Waals surface area contributed by atoms with E-state index >= 15 is 0 Å². The zero-order valence-electron chi connectivity index (χ0n) is 10.8. The quantitative estimate of drug-likeness (QED) is 0.514. The number of halogens is 2. The van der Waals surface area contributed by atoms with E-state index in [0.717, 1.165) is 0 Å². The van der Waals surface area contributed by atoms with Gasteiger partial charge in [0, 0.05) is 10.6 Å². The fourth-order valence-corrected chi connectivity index (χ4v) is 2.90. The zero-order valence-corrected chi connectivity index (χ0v) is 13.1. The van der Waals surface area contributed by atoms with Gasteiger partial charge in [0.25, 0.3) is 0 Å². The monoisotopic (exact) mass is 382 g/mol. The van der Waals surface area contributed by atoms with Crippen LogP contribution in [0.1, 0.15) is 15.9 Å². The highest BCUT2D eigenvalue weighted by atomic mass is 79.9. The maximum absolute atomic E-state index is 12.2.